The summed E-state index contributed by atoms with van der Waals surface area (Å²) >= 11 is 0. The average Bonchev–Trinajstić information content (AvgIpc) is 2.71. The molecule has 0 aromatic rings. The molecule has 0 aromatic heterocycles. The number of aliphatic hydroxyl groups excluding tert-OH is 6. The van der Waals surface area contributed by atoms with E-state index in [1.54, 1.807) is 0 Å². The van der Waals surface area contributed by atoms with Gasteiger partial charge in [0.1, 0.15) is 36.6 Å². The number of aliphatic hydroxyl groups is 6. The summed E-state index contributed by atoms with van der Waals surface area (Å²) in [6, 6.07) is -1.95. The zero-order valence-corrected chi connectivity index (χ0v) is 16.6. The van der Waals surface area contributed by atoms with Gasteiger partial charge in [-0.15, -0.1) is 0 Å². The molecule has 0 amide bonds. The Balaban J connectivity index is 5.05. The van der Waals surface area contributed by atoms with Gasteiger partial charge in [-0.25, -0.2) is 13.2 Å². The summed E-state index contributed by atoms with van der Waals surface area (Å²) in [5, 5.41) is 65.8. The molecular weight excluding hydrogens is 454 g/mol. The SMILES string of the molecule is CC(=O)C(=O)[C@H](N)[C@@H](O)[C@@H](O)[C@H](O)COS(=O)(=O)O[C@@H](C=O)[C@@H](O)[C@H](O)[C@H](O)C(=O)O. The molecule has 17 heteroatoms. The number of carbonyl (C=O) groups excluding carboxylic acids is 3. The van der Waals surface area contributed by atoms with Gasteiger partial charge in [0.15, 0.2) is 24.3 Å². The summed E-state index contributed by atoms with van der Waals surface area (Å²) in [6.07, 6.45) is -17.2. The Morgan fingerprint density at radius 2 is 1.48 bits per heavy atom. The van der Waals surface area contributed by atoms with E-state index in [9.17, 15) is 53.1 Å². The summed E-state index contributed by atoms with van der Waals surface area (Å²) in [5.41, 5.74) is 5.25. The minimum Gasteiger partial charge on any atom is -0.479 e. The molecule has 0 aliphatic rings. The summed E-state index contributed by atoms with van der Waals surface area (Å²) in [4.78, 5) is 43.8. The Morgan fingerprint density at radius 3 is 1.90 bits per heavy atom. The van der Waals surface area contributed by atoms with Gasteiger partial charge in [-0.05, 0) is 0 Å². The van der Waals surface area contributed by atoms with E-state index in [0.717, 1.165) is 6.92 Å². The number of aldehydes is 1. The zero-order chi connectivity index (χ0) is 24.7. The van der Waals surface area contributed by atoms with E-state index in [1.807, 2.05) is 0 Å². The van der Waals surface area contributed by atoms with Gasteiger partial charge in [0.25, 0.3) is 0 Å². The van der Waals surface area contributed by atoms with Crippen LogP contribution in [0.1, 0.15) is 6.92 Å². The van der Waals surface area contributed by atoms with Crippen LogP contribution >= 0.6 is 0 Å². The fourth-order valence-corrected chi connectivity index (χ4v) is 2.73. The van der Waals surface area contributed by atoms with Crippen molar-refractivity contribution in [2.75, 3.05) is 6.61 Å². The summed E-state index contributed by atoms with van der Waals surface area (Å²) in [6.45, 7) is -0.515. The lowest BCUT2D eigenvalue weighted by atomic mass is 9.97. The van der Waals surface area contributed by atoms with Crippen LogP contribution < -0.4 is 5.73 Å². The third kappa shape index (κ3) is 8.61. The van der Waals surface area contributed by atoms with Gasteiger partial charge < -0.3 is 46.3 Å². The molecule has 0 radical (unpaired) electrons. The van der Waals surface area contributed by atoms with Gasteiger partial charge in [0.2, 0.25) is 5.78 Å². The third-order valence-corrected chi connectivity index (χ3v) is 4.65. The number of hydrogen-bond donors (Lipinski definition) is 8. The van der Waals surface area contributed by atoms with Gasteiger partial charge in [0.05, 0.1) is 6.61 Å². The molecule has 0 rings (SSSR count). The summed E-state index contributed by atoms with van der Waals surface area (Å²) in [7, 11) is -5.26. The quantitative estimate of drug-likeness (QED) is 0.0803. The second kappa shape index (κ2) is 12.2. The van der Waals surface area contributed by atoms with E-state index in [0.29, 0.717) is 0 Å². The number of rotatable bonds is 15. The van der Waals surface area contributed by atoms with Gasteiger partial charge in [-0.1, -0.05) is 0 Å². The first-order valence-corrected chi connectivity index (χ1v) is 9.55. The number of carbonyl (C=O) groups is 4. The molecular formula is C14H23NO15S. The Kier molecular flexibility index (Phi) is 11.4. The van der Waals surface area contributed by atoms with Crippen molar-refractivity contribution in [2.24, 2.45) is 5.73 Å². The number of nitrogens with two attached hydrogens (primary N) is 1. The number of hydrogen-bond acceptors (Lipinski definition) is 15. The van der Waals surface area contributed by atoms with Crippen molar-refractivity contribution in [3.63, 3.8) is 0 Å². The van der Waals surface area contributed by atoms with Crippen LogP contribution in [-0.2, 0) is 37.9 Å². The van der Waals surface area contributed by atoms with Crippen LogP contribution in [0.3, 0.4) is 0 Å². The van der Waals surface area contributed by atoms with E-state index < -0.39 is 83.3 Å². The molecule has 0 heterocycles. The highest BCUT2D eigenvalue weighted by Gasteiger charge is 2.39. The minimum atomic E-state index is -5.26. The second-order valence-corrected chi connectivity index (χ2v) is 7.39. The minimum absolute atomic E-state index is 0.370. The van der Waals surface area contributed by atoms with E-state index in [-0.39, 0.29) is 6.29 Å². The predicted molar refractivity (Wildman–Crippen MR) is 93.1 cm³/mol. The lowest BCUT2D eigenvalue weighted by Crippen LogP contribution is -2.54. The average molecular weight is 477 g/mol. The number of aliphatic carboxylic acids is 1. The van der Waals surface area contributed by atoms with E-state index in [1.165, 1.54) is 0 Å². The topological polar surface area (TPSA) is 289 Å². The number of carboxylic acids is 1. The molecule has 0 aliphatic carbocycles. The highest BCUT2D eigenvalue weighted by molar-refractivity contribution is 7.81. The van der Waals surface area contributed by atoms with Crippen molar-refractivity contribution in [1.82, 2.24) is 0 Å². The predicted octanol–water partition coefficient (Wildman–Crippen LogP) is -6.43. The molecule has 8 atom stereocenters. The van der Waals surface area contributed by atoms with Crippen LogP contribution in [0.25, 0.3) is 0 Å². The lowest BCUT2D eigenvalue weighted by Gasteiger charge is -2.26. The normalized spacial score (nSPS) is 19.9. The number of ketones is 2. The summed E-state index contributed by atoms with van der Waals surface area (Å²) in [5.74, 6) is -4.36. The van der Waals surface area contributed by atoms with E-state index in [4.69, 9.17) is 15.9 Å². The molecule has 0 fully saturated rings. The Bertz CT molecular complexity index is 755. The molecule has 0 aromatic carbocycles. The first-order chi connectivity index (χ1) is 14.1. The summed E-state index contributed by atoms with van der Waals surface area (Å²) < 4.78 is 31.6. The Labute approximate surface area is 174 Å². The van der Waals surface area contributed by atoms with Crippen LogP contribution in [0.15, 0.2) is 0 Å². The largest absolute Gasteiger partial charge is 0.479 e. The van der Waals surface area contributed by atoms with Crippen molar-refractivity contribution in [3.05, 3.63) is 0 Å². The first-order valence-electron chi connectivity index (χ1n) is 8.21. The Hall–Kier alpha value is -1.93. The van der Waals surface area contributed by atoms with Crippen molar-refractivity contribution >= 4 is 34.2 Å². The molecule has 0 saturated heterocycles. The van der Waals surface area contributed by atoms with E-state index >= 15 is 0 Å². The Morgan fingerprint density at radius 1 is 0.968 bits per heavy atom. The van der Waals surface area contributed by atoms with Crippen LogP contribution in [-0.4, -0.2) is 123 Å². The molecule has 0 saturated carbocycles. The van der Waals surface area contributed by atoms with Crippen LogP contribution in [0.4, 0.5) is 0 Å². The molecule has 31 heavy (non-hydrogen) atoms. The molecule has 0 unspecified atom stereocenters. The highest BCUT2D eigenvalue weighted by Crippen LogP contribution is 2.13. The van der Waals surface area contributed by atoms with Crippen LogP contribution in [0, 0.1) is 0 Å². The number of carboxylic acid groups (broad SMARTS) is 1. The zero-order valence-electron chi connectivity index (χ0n) is 15.8. The maximum atomic E-state index is 11.7. The van der Waals surface area contributed by atoms with Gasteiger partial charge in [-0.2, -0.15) is 8.42 Å². The standard InChI is InChI=1S/C14H23NO15S/c1-4(17)8(19)7(15)11(22)9(20)5(18)3-29-31(27,28)30-6(2-16)10(21)12(23)13(24)14(25)26/h2,5-7,9-13,18,20-24H,3,15H2,1H3,(H,25,26)/t5-,6+,7+,9+,10-,11-,12+,13+/m1/s1. The first kappa shape index (κ1) is 29.1. The van der Waals surface area contributed by atoms with Gasteiger partial charge in [0, 0.05) is 6.92 Å². The third-order valence-electron chi connectivity index (χ3n) is 3.77. The fraction of sp³-hybridized carbons (Fsp3) is 0.714. The van der Waals surface area contributed by atoms with Crippen LogP contribution in [0.5, 0.6) is 0 Å². The highest BCUT2D eigenvalue weighted by atomic mass is 32.3. The van der Waals surface area contributed by atoms with Crippen molar-refractivity contribution in [2.45, 2.75) is 55.7 Å². The van der Waals surface area contributed by atoms with Gasteiger partial charge >= 0.3 is 16.4 Å². The fourth-order valence-electron chi connectivity index (χ4n) is 1.93. The lowest BCUT2D eigenvalue weighted by molar-refractivity contribution is -0.162. The monoisotopic (exact) mass is 477 g/mol. The second-order valence-electron chi connectivity index (χ2n) is 6.15. The molecule has 0 bridgehead atoms. The number of Topliss-reactive ketones (excluding diaryl/α,β-unsaturated/α-hetero) is 2. The van der Waals surface area contributed by atoms with E-state index in [2.05, 4.69) is 8.37 Å². The maximum absolute atomic E-state index is 11.7. The molecule has 180 valence electrons. The van der Waals surface area contributed by atoms with Crippen molar-refractivity contribution in [1.29, 1.82) is 0 Å². The van der Waals surface area contributed by atoms with Gasteiger partial charge in [-0.3, -0.25) is 9.59 Å². The van der Waals surface area contributed by atoms with Crippen LogP contribution in [0.2, 0.25) is 0 Å². The van der Waals surface area contributed by atoms with Crippen molar-refractivity contribution < 1.29 is 71.7 Å². The molecule has 9 N–H and O–H groups in total. The van der Waals surface area contributed by atoms with Crippen molar-refractivity contribution in [3.8, 4) is 0 Å². The maximum Gasteiger partial charge on any atom is 0.400 e. The smallest absolute Gasteiger partial charge is 0.400 e. The molecule has 16 nitrogen and oxygen atoms in total. The molecule has 0 spiro atoms. The molecule has 0 aliphatic heterocycles.